The van der Waals surface area contributed by atoms with Gasteiger partial charge in [0.2, 0.25) is 0 Å². The van der Waals surface area contributed by atoms with Crippen molar-refractivity contribution in [3.8, 4) is 0 Å². The number of hydrogen-bond donors (Lipinski definition) is 1. The average Bonchev–Trinajstić information content (AvgIpc) is 2.75. The Hall–Kier alpha value is -1.52. The Bertz CT molecular complexity index is 881. The molecule has 2 aliphatic rings. The Morgan fingerprint density at radius 2 is 1.33 bits per heavy atom. The van der Waals surface area contributed by atoms with Gasteiger partial charge in [0.05, 0.1) is 12.2 Å². The molecule has 0 aromatic carbocycles. The molecule has 2 rings (SSSR count). The van der Waals surface area contributed by atoms with E-state index in [4.69, 9.17) is 23.7 Å². The zero-order valence-corrected chi connectivity index (χ0v) is 21.6. The van der Waals surface area contributed by atoms with E-state index >= 15 is 0 Å². The molecule has 1 N–H and O–H groups in total. The third kappa shape index (κ3) is 7.28. The largest absolute Gasteiger partial charge is 0.523 e. The van der Waals surface area contributed by atoms with Crippen LogP contribution in [0.2, 0.25) is 0 Å². The average molecular weight is 551 g/mol. The molecule has 10 atom stereocenters. The van der Waals surface area contributed by atoms with Gasteiger partial charge in [-0.1, -0.05) is 27.7 Å². The summed E-state index contributed by atoms with van der Waals surface area (Å²) in [6.45, 7) is 8.28. The number of rotatable bonds is 8. The molecule has 11 nitrogen and oxygen atoms in total. The predicted octanol–water partition coefficient (Wildman–Crippen LogP) is 1.72. The molecule has 0 radical (unpaired) electrons. The van der Waals surface area contributed by atoms with E-state index in [2.05, 4.69) is 4.18 Å². The van der Waals surface area contributed by atoms with Crippen LogP contribution in [0.3, 0.4) is 0 Å². The molecule has 0 amide bonds. The number of esters is 2. The third-order valence-corrected chi connectivity index (χ3v) is 7.70. The van der Waals surface area contributed by atoms with Crippen molar-refractivity contribution in [2.45, 2.75) is 84.0 Å². The third-order valence-electron chi connectivity index (χ3n) is 6.69. The van der Waals surface area contributed by atoms with Gasteiger partial charge in [0.1, 0.15) is 25.4 Å². The Labute approximate surface area is 207 Å². The number of halogens is 3. The van der Waals surface area contributed by atoms with Crippen LogP contribution in [-0.4, -0.2) is 81.2 Å². The van der Waals surface area contributed by atoms with E-state index in [1.54, 1.807) is 20.8 Å². The predicted molar refractivity (Wildman–Crippen MR) is 114 cm³/mol. The molecule has 0 saturated carbocycles. The van der Waals surface area contributed by atoms with Crippen LogP contribution in [0.5, 0.6) is 0 Å². The van der Waals surface area contributed by atoms with E-state index in [0.29, 0.717) is 0 Å². The summed E-state index contributed by atoms with van der Waals surface area (Å²) in [6, 6.07) is 0. The van der Waals surface area contributed by atoms with Crippen molar-refractivity contribution in [3.63, 3.8) is 0 Å². The zero-order chi connectivity index (χ0) is 27.6. The maximum absolute atomic E-state index is 12.9. The van der Waals surface area contributed by atoms with Crippen molar-refractivity contribution in [1.29, 1.82) is 0 Å². The van der Waals surface area contributed by atoms with Crippen LogP contribution >= 0.6 is 0 Å². The maximum Gasteiger partial charge on any atom is 0.523 e. The van der Waals surface area contributed by atoms with Crippen molar-refractivity contribution >= 4 is 22.1 Å². The first-order valence-electron chi connectivity index (χ1n) is 11.4. The molecule has 210 valence electrons. The van der Waals surface area contributed by atoms with Gasteiger partial charge in [-0.2, -0.15) is 21.6 Å². The summed E-state index contributed by atoms with van der Waals surface area (Å²) in [5.41, 5.74) is -5.66. The monoisotopic (exact) mass is 550 g/mol. The highest BCUT2D eigenvalue weighted by molar-refractivity contribution is 7.87. The quantitative estimate of drug-likeness (QED) is 0.268. The van der Waals surface area contributed by atoms with E-state index in [0.717, 1.165) is 6.92 Å². The summed E-state index contributed by atoms with van der Waals surface area (Å²) in [4.78, 5) is 22.6. The van der Waals surface area contributed by atoms with Crippen LogP contribution in [-0.2, 0) is 47.6 Å². The van der Waals surface area contributed by atoms with Crippen LogP contribution in [0.1, 0.15) is 41.5 Å². The Morgan fingerprint density at radius 1 is 0.833 bits per heavy atom. The number of ether oxygens (including phenoxy) is 5. The first kappa shape index (κ1) is 30.7. The lowest BCUT2D eigenvalue weighted by Gasteiger charge is -2.48. The van der Waals surface area contributed by atoms with Crippen LogP contribution < -0.4 is 0 Å². The number of aliphatic hydroxyl groups excluding tert-OH is 1. The van der Waals surface area contributed by atoms with Crippen molar-refractivity contribution in [2.24, 2.45) is 23.7 Å². The van der Waals surface area contributed by atoms with Crippen molar-refractivity contribution < 1.29 is 64.2 Å². The molecular formula is C21H33F3O11S. The highest BCUT2D eigenvalue weighted by Gasteiger charge is 2.53. The standard InChI is InChI=1S/C21H33F3O11S/c1-9-10(2)17(27)20(32-15(9)7-30-13(5)25)34-18-11(3)12(4)19(33-16(18)8-31-14(6)26)35-36(28,29)21(22,23)24/h9-12,15-20,27H,7-8H2,1-6H3. The number of alkyl halides is 3. The molecule has 0 aromatic rings. The Balaban J connectivity index is 2.26. The van der Waals surface area contributed by atoms with Gasteiger partial charge in [0.15, 0.2) is 12.6 Å². The summed E-state index contributed by atoms with van der Waals surface area (Å²) in [5, 5.41) is 10.8. The molecule has 2 heterocycles. The zero-order valence-electron chi connectivity index (χ0n) is 20.8. The maximum atomic E-state index is 12.9. The van der Waals surface area contributed by atoms with Gasteiger partial charge >= 0.3 is 27.6 Å². The van der Waals surface area contributed by atoms with Crippen LogP contribution in [0, 0.1) is 23.7 Å². The molecule has 2 saturated heterocycles. The first-order valence-corrected chi connectivity index (χ1v) is 12.8. The fourth-order valence-electron chi connectivity index (χ4n) is 4.03. The van der Waals surface area contributed by atoms with Gasteiger partial charge in [-0.3, -0.25) is 9.59 Å². The summed E-state index contributed by atoms with van der Waals surface area (Å²) < 4.78 is 93.4. The van der Waals surface area contributed by atoms with Gasteiger partial charge < -0.3 is 28.8 Å². The molecule has 0 aromatic heterocycles. The molecule has 10 unspecified atom stereocenters. The molecule has 0 bridgehead atoms. The van der Waals surface area contributed by atoms with Crippen LogP contribution in [0.4, 0.5) is 13.2 Å². The molecule has 2 aliphatic heterocycles. The molecule has 0 aliphatic carbocycles. The van der Waals surface area contributed by atoms with Gasteiger partial charge in [0, 0.05) is 19.8 Å². The summed E-state index contributed by atoms with van der Waals surface area (Å²) in [6.07, 6.45) is -7.14. The number of hydrogen-bond acceptors (Lipinski definition) is 11. The highest BCUT2D eigenvalue weighted by Crippen LogP contribution is 2.39. The van der Waals surface area contributed by atoms with E-state index in [-0.39, 0.29) is 18.4 Å². The van der Waals surface area contributed by atoms with E-state index < -0.39 is 83.0 Å². The van der Waals surface area contributed by atoms with Gasteiger partial charge in [0.25, 0.3) is 0 Å². The lowest BCUT2D eigenvalue weighted by Crippen LogP contribution is -2.58. The smallest absolute Gasteiger partial charge is 0.463 e. The second-order valence-corrected chi connectivity index (χ2v) is 10.8. The second-order valence-electron chi connectivity index (χ2n) is 9.21. The molecule has 2 fully saturated rings. The first-order chi connectivity index (χ1) is 16.5. The molecule has 0 spiro atoms. The molecular weight excluding hydrogens is 517 g/mol. The van der Waals surface area contributed by atoms with Gasteiger partial charge in [-0.15, -0.1) is 0 Å². The molecule has 15 heteroatoms. The Kier molecular flexibility index (Phi) is 10.1. The molecule has 36 heavy (non-hydrogen) atoms. The minimum atomic E-state index is -5.98. The van der Waals surface area contributed by atoms with E-state index in [1.807, 2.05) is 0 Å². The lowest BCUT2D eigenvalue weighted by atomic mass is 9.82. The fourth-order valence-corrected chi connectivity index (χ4v) is 4.61. The van der Waals surface area contributed by atoms with Crippen molar-refractivity contribution in [2.75, 3.05) is 13.2 Å². The fraction of sp³-hybridized carbons (Fsp3) is 0.905. The summed E-state index contributed by atoms with van der Waals surface area (Å²) >= 11 is 0. The second kappa shape index (κ2) is 11.9. The minimum Gasteiger partial charge on any atom is -0.463 e. The topological polar surface area (TPSA) is 144 Å². The summed E-state index contributed by atoms with van der Waals surface area (Å²) in [7, 11) is -5.98. The Morgan fingerprint density at radius 3 is 1.83 bits per heavy atom. The minimum absolute atomic E-state index is 0.0946. The van der Waals surface area contributed by atoms with Crippen molar-refractivity contribution in [1.82, 2.24) is 0 Å². The summed E-state index contributed by atoms with van der Waals surface area (Å²) in [5.74, 6) is -3.46. The lowest BCUT2D eigenvalue weighted by molar-refractivity contribution is -0.329. The van der Waals surface area contributed by atoms with Gasteiger partial charge in [-0.25, -0.2) is 4.18 Å². The normalized spacial score (nSPS) is 37.8. The van der Waals surface area contributed by atoms with Crippen LogP contribution in [0.25, 0.3) is 0 Å². The SMILES string of the molecule is CC(=O)OCC1OC(OC2C(COC(C)=O)OC(OS(=O)(=O)C(F)(F)F)C(C)C2C)C(O)C(C)C1C. The number of carbonyl (C=O) groups is 2. The number of aliphatic hydroxyl groups is 1. The van der Waals surface area contributed by atoms with Crippen LogP contribution in [0.15, 0.2) is 0 Å². The van der Waals surface area contributed by atoms with E-state index in [1.165, 1.54) is 13.8 Å². The van der Waals surface area contributed by atoms with Crippen molar-refractivity contribution in [3.05, 3.63) is 0 Å². The highest BCUT2D eigenvalue weighted by atomic mass is 32.2. The number of carbonyl (C=O) groups excluding carboxylic acids is 2. The van der Waals surface area contributed by atoms with E-state index in [9.17, 15) is 36.3 Å². The van der Waals surface area contributed by atoms with Gasteiger partial charge in [-0.05, 0) is 17.8 Å².